The van der Waals surface area contributed by atoms with Crippen LogP contribution in [0.4, 0.5) is 4.39 Å². The van der Waals surface area contributed by atoms with Crippen LogP contribution in [0.25, 0.3) is 22.4 Å². The molecule has 4 aromatic rings. The van der Waals surface area contributed by atoms with E-state index >= 15 is 0 Å². The van der Waals surface area contributed by atoms with E-state index in [4.69, 9.17) is 4.98 Å². The van der Waals surface area contributed by atoms with Crippen molar-refractivity contribution < 1.29 is 9.18 Å². The van der Waals surface area contributed by atoms with Gasteiger partial charge in [-0.05, 0) is 23.8 Å². The average Bonchev–Trinajstić information content (AvgIpc) is 3.31. The average molecular weight is 415 g/mol. The Hall–Kier alpha value is -4.06. The number of carbonyl (C=O) groups excluding carboxylic acids is 1. The number of hydrogen-bond acceptors (Lipinski definition) is 5. The maximum absolute atomic E-state index is 14.2. The Balaban J connectivity index is 1.86. The summed E-state index contributed by atoms with van der Waals surface area (Å²) in [4.78, 5) is 27.2. The number of aryl methyl sites for hydroxylation is 1. The summed E-state index contributed by atoms with van der Waals surface area (Å²) in [5.74, 6) is -0.978. The van der Waals surface area contributed by atoms with Crippen LogP contribution in [-0.4, -0.2) is 42.6 Å². The Morgan fingerprint density at radius 2 is 2.10 bits per heavy atom. The van der Waals surface area contributed by atoms with E-state index in [1.165, 1.54) is 27.8 Å². The minimum Gasteiger partial charge on any atom is -0.344 e. The van der Waals surface area contributed by atoms with Gasteiger partial charge in [0.2, 0.25) is 0 Å². The lowest BCUT2D eigenvalue weighted by atomic mass is 9.89. The number of H-pyrrole nitrogens is 1. The number of aromatic nitrogens is 5. The van der Waals surface area contributed by atoms with Gasteiger partial charge in [-0.3, -0.25) is 9.48 Å². The van der Waals surface area contributed by atoms with Crippen LogP contribution >= 0.6 is 0 Å². The van der Waals surface area contributed by atoms with E-state index in [9.17, 15) is 14.4 Å². The third kappa shape index (κ3) is 2.79. The zero-order valence-corrected chi connectivity index (χ0v) is 17.1. The van der Waals surface area contributed by atoms with Crippen molar-refractivity contribution in [2.75, 3.05) is 7.05 Å². The van der Waals surface area contributed by atoms with Gasteiger partial charge in [-0.2, -0.15) is 10.4 Å². The van der Waals surface area contributed by atoms with Gasteiger partial charge < -0.3 is 9.88 Å². The van der Waals surface area contributed by atoms with Gasteiger partial charge in [0.05, 0.1) is 29.7 Å². The lowest BCUT2D eigenvalue weighted by molar-refractivity contribution is 0.0782. The molecule has 1 unspecified atom stereocenters. The molecule has 2 bridgehead atoms. The Kier molecular flexibility index (Phi) is 4.12. The highest BCUT2D eigenvalue weighted by Gasteiger charge is 2.28. The van der Waals surface area contributed by atoms with Crippen LogP contribution in [-0.2, 0) is 13.6 Å². The summed E-state index contributed by atoms with van der Waals surface area (Å²) in [5.41, 5.74) is 4.90. The number of nitrogens with zero attached hydrogens (tertiary/aromatic N) is 6. The van der Waals surface area contributed by atoms with Gasteiger partial charge in [-0.25, -0.2) is 14.4 Å². The molecule has 1 N–H and O–H groups in total. The van der Waals surface area contributed by atoms with Crippen LogP contribution in [0.2, 0.25) is 0 Å². The number of nitriles is 1. The third-order valence-corrected chi connectivity index (χ3v) is 5.80. The van der Waals surface area contributed by atoms with Gasteiger partial charge in [0.25, 0.3) is 5.91 Å². The summed E-state index contributed by atoms with van der Waals surface area (Å²) >= 11 is 0. The van der Waals surface area contributed by atoms with E-state index in [1.54, 1.807) is 26.5 Å². The predicted molar refractivity (Wildman–Crippen MR) is 111 cm³/mol. The fraction of sp³-hybridized carbons (Fsp3) is 0.227. The van der Waals surface area contributed by atoms with E-state index in [0.717, 1.165) is 5.56 Å². The van der Waals surface area contributed by atoms with E-state index in [0.29, 0.717) is 44.9 Å². The molecule has 0 radical (unpaired) electrons. The molecule has 1 aliphatic rings. The number of halogens is 1. The molecule has 8 nitrogen and oxygen atoms in total. The molecule has 0 spiro atoms. The molecule has 31 heavy (non-hydrogen) atoms. The first-order chi connectivity index (χ1) is 14.9. The van der Waals surface area contributed by atoms with Crippen molar-refractivity contribution >= 4 is 17.1 Å². The number of fused-ring (bicyclic) bond motifs is 4. The van der Waals surface area contributed by atoms with Crippen LogP contribution < -0.4 is 0 Å². The lowest BCUT2D eigenvalue weighted by Gasteiger charge is -2.22. The fourth-order valence-electron chi connectivity index (χ4n) is 4.20. The summed E-state index contributed by atoms with van der Waals surface area (Å²) in [6.07, 6.45) is 3.37. The number of benzene rings is 1. The van der Waals surface area contributed by atoms with E-state index in [1.807, 2.05) is 6.92 Å². The van der Waals surface area contributed by atoms with Crippen molar-refractivity contribution in [2.24, 2.45) is 7.05 Å². The van der Waals surface area contributed by atoms with Gasteiger partial charge in [0.15, 0.2) is 5.65 Å². The molecule has 1 amide bonds. The molecule has 9 heteroatoms. The summed E-state index contributed by atoms with van der Waals surface area (Å²) in [7, 11) is 3.34. The van der Waals surface area contributed by atoms with Crippen molar-refractivity contribution in [3.8, 4) is 17.3 Å². The molecule has 4 heterocycles. The first-order valence-electron chi connectivity index (χ1n) is 9.74. The highest BCUT2D eigenvalue weighted by Crippen LogP contribution is 2.35. The van der Waals surface area contributed by atoms with Crippen molar-refractivity contribution in [2.45, 2.75) is 19.4 Å². The first kappa shape index (κ1) is 18.9. The predicted octanol–water partition coefficient (Wildman–Crippen LogP) is 3.11. The third-order valence-electron chi connectivity index (χ3n) is 5.80. The summed E-state index contributed by atoms with van der Waals surface area (Å²) in [5, 5.41) is 14.2. The molecule has 1 atom stereocenters. The monoisotopic (exact) mass is 415 g/mol. The molecular weight excluding hydrogens is 397 g/mol. The Bertz CT molecular complexity index is 1410. The number of hydrogen-bond donors (Lipinski definition) is 1. The minimum atomic E-state index is -0.412. The number of amides is 1. The van der Waals surface area contributed by atoms with Crippen LogP contribution in [0, 0.1) is 17.1 Å². The van der Waals surface area contributed by atoms with Crippen molar-refractivity contribution in [1.29, 1.82) is 5.26 Å². The molecule has 5 rings (SSSR count). The number of nitrogens with one attached hydrogen (secondary N) is 1. The normalized spacial score (nSPS) is 15.9. The Labute approximate surface area is 177 Å². The zero-order valence-electron chi connectivity index (χ0n) is 17.1. The molecule has 0 fully saturated rings. The topological polar surface area (TPSA) is 103 Å². The molecule has 0 saturated carbocycles. The largest absolute Gasteiger partial charge is 0.344 e. The second-order valence-corrected chi connectivity index (χ2v) is 7.72. The molecular formula is C22H18FN7O. The smallest absolute Gasteiger partial charge is 0.254 e. The van der Waals surface area contributed by atoms with Crippen LogP contribution in [0.1, 0.15) is 45.7 Å². The minimum absolute atomic E-state index is 0.161. The highest BCUT2D eigenvalue weighted by atomic mass is 19.1. The molecule has 3 aromatic heterocycles. The SMILES string of the molecule is CC1c2cc(F)ccc2C(=O)N(C)Cc2nn(C)c(C#N)c2-c2cnc3[nH]cc1c3n2. The van der Waals surface area contributed by atoms with Crippen LogP contribution in [0.5, 0.6) is 0 Å². The summed E-state index contributed by atoms with van der Waals surface area (Å²) < 4.78 is 15.6. The van der Waals surface area contributed by atoms with E-state index in [2.05, 4.69) is 21.1 Å². The maximum atomic E-state index is 14.2. The standard InChI is InChI=1S/C22H18FN7O/c1-11-14-6-12(23)4-5-13(14)22(31)29(2)10-17-19(18(7-24)30(3)28-17)16-9-26-21-20(27-16)15(11)8-25-21/h4-6,8-9,11H,10H2,1-3H3,(H,25,26). The fourth-order valence-corrected chi connectivity index (χ4v) is 4.20. The van der Waals surface area contributed by atoms with Crippen LogP contribution in [0.3, 0.4) is 0 Å². The molecule has 1 aliphatic heterocycles. The highest BCUT2D eigenvalue weighted by molar-refractivity contribution is 5.96. The van der Waals surface area contributed by atoms with Crippen LogP contribution in [0.15, 0.2) is 30.6 Å². The molecule has 154 valence electrons. The Morgan fingerprint density at radius 1 is 1.29 bits per heavy atom. The van der Waals surface area contributed by atoms with Gasteiger partial charge >= 0.3 is 0 Å². The number of carbonyl (C=O) groups is 1. The van der Waals surface area contributed by atoms with Gasteiger partial charge in [-0.1, -0.05) is 6.92 Å². The first-order valence-corrected chi connectivity index (χ1v) is 9.74. The second-order valence-electron chi connectivity index (χ2n) is 7.72. The molecule has 0 aliphatic carbocycles. The zero-order chi connectivity index (χ0) is 21.9. The van der Waals surface area contributed by atoms with Gasteiger partial charge in [0, 0.05) is 37.3 Å². The Morgan fingerprint density at radius 3 is 2.87 bits per heavy atom. The summed E-state index contributed by atoms with van der Waals surface area (Å²) in [6.45, 7) is 2.07. The summed E-state index contributed by atoms with van der Waals surface area (Å²) in [6, 6.07) is 6.38. The quantitative estimate of drug-likeness (QED) is 0.475. The second kappa shape index (κ2) is 6.74. The van der Waals surface area contributed by atoms with E-state index in [-0.39, 0.29) is 18.4 Å². The van der Waals surface area contributed by atoms with Crippen molar-refractivity contribution in [3.05, 3.63) is 64.5 Å². The van der Waals surface area contributed by atoms with Gasteiger partial charge in [-0.15, -0.1) is 0 Å². The molecule has 1 aromatic carbocycles. The van der Waals surface area contributed by atoms with E-state index < -0.39 is 5.82 Å². The molecule has 0 saturated heterocycles. The number of aromatic amines is 1. The van der Waals surface area contributed by atoms with Gasteiger partial charge in [0.1, 0.15) is 23.1 Å². The number of rotatable bonds is 0. The maximum Gasteiger partial charge on any atom is 0.254 e. The lowest BCUT2D eigenvalue weighted by Crippen LogP contribution is -2.28. The van der Waals surface area contributed by atoms with Crippen molar-refractivity contribution in [3.63, 3.8) is 0 Å². The van der Waals surface area contributed by atoms with Crippen molar-refractivity contribution in [1.82, 2.24) is 29.6 Å².